The van der Waals surface area contributed by atoms with Crippen LogP contribution in [0.15, 0.2) is 76.5 Å². The Labute approximate surface area is 246 Å². The molecular weight excluding hydrogens is 583 g/mol. The lowest BCUT2D eigenvalue weighted by molar-refractivity contribution is 0.0904. The van der Waals surface area contributed by atoms with E-state index in [0.29, 0.717) is 16.9 Å². The first kappa shape index (κ1) is 31.5. The number of aliphatic hydroxyl groups is 1. The molecule has 4 rings (SSSR count). The average molecular weight is 617 g/mol. The van der Waals surface area contributed by atoms with E-state index in [-0.39, 0.29) is 23.7 Å². The van der Waals surface area contributed by atoms with Crippen LogP contribution < -0.4 is 9.47 Å². The summed E-state index contributed by atoms with van der Waals surface area (Å²) >= 11 is 0. The van der Waals surface area contributed by atoms with Gasteiger partial charge in [0.25, 0.3) is 0 Å². The van der Waals surface area contributed by atoms with Crippen molar-refractivity contribution >= 4 is 20.0 Å². The molecule has 0 aromatic heterocycles. The molecule has 0 saturated heterocycles. The van der Waals surface area contributed by atoms with Crippen molar-refractivity contribution in [3.63, 3.8) is 0 Å². The fourth-order valence-corrected chi connectivity index (χ4v) is 7.58. The fourth-order valence-electron chi connectivity index (χ4n) is 4.51. The number of halogens is 1. The molecule has 0 spiro atoms. The molecule has 224 valence electrons. The van der Waals surface area contributed by atoms with Crippen molar-refractivity contribution < 1.29 is 35.8 Å². The molecule has 1 aliphatic heterocycles. The van der Waals surface area contributed by atoms with E-state index in [2.05, 4.69) is 11.8 Å². The van der Waals surface area contributed by atoms with E-state index in [1.807, 2.05) is 0 Å². The van der Waals surface area contributed by atoms with Crippen LogP contribution in [0.5, 0.6) is 11.5 Å². The molecule has 1 heterocycles. The Morgan fingerprint density at radius 3 is 2.40 bits per heavy atom. The van der Waals surface area contributed by atoms with E-state index in [9.17, 15) is 26.3 Å². The number of hydrogen-bond acceptors (Lipinski definition) is 7. The summed E-state index contributed by atoms with van der Waals surface area (Å²) < 4.78 is 81.9. The SMILES string of the molecule is COc1ccc(C#Cc2ccc3c(c2)O[C@H](CN(C)S(=O)(=O)c2ccccc2F)[C@@H](C)CN([C@@H](C)CO)S3(=O)=O)cc1. The van der Waals surface area contributed by atoms with Crippen LogP contribution >= 0.6 is 0 Å². The summed E-state index contributed by atoms with van der Waals surface area (Å²) in [6, 6.07) is 15.9. The molecule has 0 fully saturated rings. The van der Waals surface area contributed by atoms with Crippen molar-refractivity contribution in [3.8, 4) is 23.3 Å². The fraction of sp³-hybridized carbons (Fsp3) is 0.333. The predicted molar refractivity (Wildman–Crippen MR) is 156 cm³/mol. The maximum atomic E-state index is 14.4. The van der Waals surface area contributed by atoms with Crippen molar-refractivity contribution in [1.82, 2.24) is 8.61 Å². The number of nitrogens with zero attached hydrogens (tertiary/aromatic N) is 2. The van der Waals surface area contributed by atoms with Gasteiger partial charge < -0.3 is 14.6 Å². The highest BCUT2D eigenvalue weighted by molar-refractivity contribution is 7.89. The van der Waals surface area contributed by atoms with Gasteiger partial charge in [-0.3, -0.25) is 0 Å². The molecule has 9 nitrogen and oxygen atoms in total. The molecule has 0 radical (unpaired) electrons. The molecule has 0 amide bonds. The maximum absolute atomic E-state index is 14.4. The number of hydrogen-bond donors (Lipinski definition) is 1. The second-order valence-corrected chi connectivity index (χ2v) is 14.0. The Kier molecular flexibility index (Phi) is 9.60. The van der Waals surface area contributed by atoms with E-state index in [1.165, 1.54) is 41.7 Å². The number of ether oxygens (including phenoxy) is 2. The number of fused-ring (bicyclic) bond motifs is 1. The third-order valence-electron chi connectivity index (χ3n) is 7.07. The molecule has 1 aliphatic rings. The van der Waals surface area contributed by atoms with Crippen LogP contribution in [-0.2, 0) is 20.0 Å². The van der Waals surface area contributed by atoms with Gasteiger partial charge in [0.15, 0.2) is 0 Å². The molecule has 0 aliphatic carbocycles. The van der Waals surface area contributed by atoms with Gasteiger partial charge in [-0.25, -0.2) is 21.2 Å². The van der Waals surface area contributed by atoms with Crippen molar-refractivity contribution in [2.45, 2.75) is 35.8 Å². The number of sulfonamides is 2. The minimum atomic E-state index is -4.23. The van der Waals surface area contributed by atoms with Crippen LogP contribution in [0.25, 0.3) is 0 Å². The quantitative estimate of drug-likeness (QED) is 0.405. The molecule has 0 bridgehead atoms. The zero-order chi connectivity index (χ0) is 30.7. The number of likely N-dealkylation sites (N-methyl/N-ethyl adjacent to an activating group) is 1. The third-order valence-corrected chi connectivity index (χ3v) is 10.9. The van der Waals surface area contributed by atoms with Gasteiger partial charge in [0.05, 0.1) is 20.3 Å². The van der Waals surface area contributed by atoms with Crippen molar-refractivity contribution in [1.29, 1.82) is 0 Å². The Hall–Kier alpha value is -3.47. The summed E-state index contributed by atoms with van der Waals surface area (Å²) in [5, 5.41) is 9.85. The lowest BCUT2D eigenvalue weighted by Gasteiger charge is -2.37. The summed E-state index contributed by atoms with van der Waals surface area (Å²) in [4.78, 5) is -0.602. The largest absolute Gasteiger partial charge is 0.497 e. The monoisotopic (exact) mass is 616 g/mol. The molecule has 3 aromatic rings. The highest BCUT2D eigenvalue weighted by Gasteiger charge is 2.39. The summed E-state index contributed by atoms with van der Waals surface area (Å²) in [5.41, 5.74) is 1.19. The Morgan fingerprint density at radius 2 is 1.76 bits per heavy atom. The molecule has 3 atom stereocenters. The van der Waals surface area contributed by atoms with Crippen LogP contribution in [-0.4, -0.2) is 76.6 Å². The number of methoxy groups -OCH3 is 1. The zero-order valence-electron chi connectivity index (χ0n) is 23.7. The molecular formula is C30H33FN2O7S2. The Morgan fingerprint density at radius 1 is 1.12 bits per heavy atom. The third kappa shape index (κ3) is 6.61. The van der Waals surface area contributed by atoms with Gasteiger partial charge >= 0.3 is 0 Å². The summed E-state index contributed by atoms with van der Waals surface area (Å²) in [7, 11) is -5.44. The average Bonchev–Trinajstić information content (AvgIpc) is 2.97. The van der Waals surface area contributed by atoms with Gasteiger partial charge in [0, 0.05) is 36.7 Å². The standard InChI is InChI=1S/C30H33FN2O7S2/c1-21-18-33(22(2)20-34)42(37,38)30-16-13-24(10-9-23-11-14-25(39-4)15-12-23)17-27(30)40-28(21)19-32(3)41(35,36)29-8-6-5-7-26(29)31/h5-8,11-17,21-22,28,34H,18-20H2,1-4H3/t21-,22-,28+/m0/s1. The van der Waals surface area contributed by atoms with E-state index >= 15 is 0 Å². The van der Waals surface area contributed by atoms with E-state index in [1.54, 1.807) is 51.3 Å². The van der Waals surface area contributed by atoms with Crippen molar-refractivity contribution in [3.05, 3.63) is 83.7 Å². The summed E-state index contributed by atoms with van der Waals surface area (Å²) in [6.45, 7) is 2.67. The Bertz CT molecular complexity index is 1700. The van der Waals surface area contributed by atoms with Crippen LogP contribution in [0.2, 0.25) is 0 Å². The van der Waals surface area contributed by atoms with Crippen LogP contribution in [0.1, 0.15) is 25.0 Å². The van der Waals surface area contributed by atoms with Crippen LogP contribution in [0.3, 0.4) is 0 Å². The molecule has 0 saturated carbocycles. The summed E-state index contributed by atoms with van der Waals surface area (Å²) in [5.74, 6) is 5.32. The van der Waals surface area contributed by atoms with Gasteiger partial charge in [-0.1, -0.05) is 30.9 Å². The summed E-state index contributed by atoms with van der Waals surface area (Å²) in [6.07, 6.45) is -0.830. The number of rotatable bonds is 7. The van der Waals surface area contributed by atoms with Gasteiger partial charge in [-0.2, -0.15) is 8.61 Å². The molecule has 1 N–H and O–H groups in total. The van der Waals surface area contributed by atoms with Gasteiger partial charge in [0.1, 0.15) is 33.2 Å². The second kappa shape index (κ2) is 12.8. The minimum Gasteiger partial charge on any atom is -0.497 e. The molecule has 42 heavy (non-hydrogen) atoms. The topological polar surface area (TPSA) is 113 Å². The van der Waals surface area contributed by atoms with Crippen LogP contribution in [0.4, 0.5) is 4.39 Å². The maximum Gasteiger partial charge on any atom is 0.247 e. The zero-order valence-corrected chi connectivity index (χ0v) is 25.3. The highest BCUT2D eigenvalue weighted by atomic mass is 32.2. The van der Waals surface area contributed by atoms with Gasteiger partial charge in [-0.15, -0.1) is 0 Å². The second-order valence-electron chi connectivity index (χ2n) is 10.1. The first-order chi connectivity index (χ1) is 19.9. The molecule has 0 unspecified atom stereocenters. The van der Waals surface area contributed by atoms with Crippen molar-refractivity contribution in [2.75, 3.05) is 33.9 Å². The Balaban J connectivity index is 1.74. The van der Waals surface area contributed by atoms with Crippen molar-refractivity contribution in [2.24, 2.45) is 5.92 Å². The first-order valence-corrected chi connectivity index (χ1v) is 16.1. The number of aliphatic hydroxyl groups excluding tert-OH is 1. The lowest BCUT2D eigenvalue weighted by atomic mass is 10.0. The first-order valence-electron chi connectivity index (χ1n) is 13.2. The molecule has 12 heteroatoms. The van der Waals surface area contributed by atoms with Gasteiger partial charge in [-0.05, 0) is 61.5 Å². The highest BCUT2D eigenvalue weighted by Crippen LogP contribution is 2.34. The minimum absolute atomic E-state index is 0.0000830. The van der Waals surface area contributed by atoms with Crippen LogP contribution in [0, 0.1) is 23.6 Å². The normalized spacial score (nSPS) is 19.4. The number of benzene rings is 3. The molecule has 3 aromatic carbocycles. The van der Waals surface area contributed by atoms with Gasteiger partial charge in [0.2, 0.25) is 20.0 Å². The van der Waals surface area contributed by atoms with E-state index in [4.69, 9.17) is 9.47 Å². The lowest BCUT2D eigenvalue weighted by Crippen LogP contribution is -2.50. The smallest absolute Gasteiger partial charge is 0.247 e. The predicted octanol–water partition coefficient (Wildman–Crippen LogP) is 3.32. The van der Waals surface area contributed by atoms with E-state index in [0.717, 1.165) is 10.4 Å². The van der Waals surface area contributed by atoms with E-state index < -0.39 is 55.4 Å².